The van der Waals surface area contributed by atoms with Gasteiger partial charge in [0.1, 0.15) is 16.6 Å². The molecule has 0 unspecified atom stereocenters. The van der Waals surface area contributed by atoms with Crippen LogP contribution in [0.15, 0.2) is 31.5 Å². The summed E-state index contributed by atoms with van der Waals surface area (Å²) >= 11 is 3.47. The molecule has 0 aliphatic heterocycles. The van der Waals surface area contributed by atoms with Crippen LogP contribution in [-0.4, -0.2) is 34.8 Å². The molecule has 0 saturated carbocycles. The fraction of sp³-hybridized carbons (Fsp3) is 0.588. The maximum atomic E-state index is 5.78. The van der Waals surface area contributed by atoms with Crippen LogP contribution in [-0.2, 0) is 12.0 Å². The molecule has 0 atom stereocenters. The number of oxazole rings is 1. The van der Waals surface area contributed by atoms with Crippen molar-refractivity contribution in [2.24, 2.45) is 4.99 Å². The lowest BCUT2D eigenvalue weighted by molar-refractivity contribution is 0.383. The van der Waals surface area contributed by atoms with E-state index in [1.165, 1.54) is 0 Å². The number of thioether (sulfide) groups is 1. The van der Waals surface area contributed by atoms with Crippen LogP contribution >= 0.6 is 47.1 Å². The highest BCUT2D eigenvalue weighted by molar-refractivity contribution is 14.0. The smallest absolute Gasteiger partial charge is 0.216 e. The molecule has 2 rings (SSSR count). The van der Waals surface area contributed by atoms with Gasteiger partial charge >= 0.3 is 0 Å². The lowest BCUT2D eigenvalue weighted by Crippen LogP contribution is -2.37. The third-order valence-corrected chi connectivity index (χ3v) is 5.31. The van der Waals surface area contributed by atoms with E-state index in [0.717, 1.165) is 41.3 Å². The molecular formula is C17H28IN5OS2. The minimum Gasteiger partial charge on any atom is -0.443 e. The summed E-state index contributed by atoms with van der Waals surface area (Å²) in [6.45, 7) is 10.5. The second-order valence-corrected chi connectivity index (χ2v) is 8.73. The Kier molecular flexibility index (Phi) is 10.6. The Balaban J connectivity index is 0.00000338. The van der Waals surface area contributed by atoms with Crippen molar-refractivity contribution in [3.63, 3.8) is 0 Å². The molecule has 9 heteroatoms. The van der Waals surface area contributed by atoms with Crippen LogP contribution in [0.3, 0.4) is 0 Å². The second kappa shape index (κ2) is 11.8. The Morgan fingerprint density at radius 1 is 1.31 bits per heavy atom. The number of nitrogens with zero attached hydrogens (tertiary/aromatic N) is 3. The van der Waals surface area contributed by atoms with Gasteiger partial charge in [0.2, 0.25) is 5.89 Å². The summed E-state index contributed by atoms with van der Waals surface area (Å²) in [5, 5.41) is 8.60. The van der Waals surface area contributed by atoms with E-state index >= 15 is 0 Å². The summed E-state index contributed by atoms with van der Waals surface area (Å²) in [6.07, 6.45) is 4.68. The molecule has 146 valence electrons. The molecule has 0 aliphatic carbocycles. The Morgan fingerprint density at radius 3 is 2.73 bits per heavy atom. The highest BCUT2D eigenvalue weighted by atomic mass is 127. The lowest BCUT2D eigenvalue weighted by Gasteiger charge is -2.13. The van der Waals surface area contributed by atoms with Crippen molar-refractivity contribution < 1.29 is 4.42 Å². The van der Waals surface area contributed by atoms with Gasteiger partial charge in [0.25, 0.3) is 0 Å². The first-order chi connectivity index (χ1) is 12.0. The van der Waals surface area contributed by atoms with Crippen LogP contribution in [0.1, 0.15) is 45.8 Å². The second-order valence-electron chi connectivity index (χ2n) is 6.49. The van der Waals surface area contributed by atoms with Crippen LogP contribution in [0.4, 0.5) is 0 Å². The molecule has 0 amide bonds. The molecule has 0 saturated heterocycles. The summed E-state index contributed by atoms with van der Waals surface area (Å²) in [5.41, 5.74) is -0.0349. The molecule has 2 heterocycles. The highest BCUT2D eigenvalue weighted by Gasteiger charge is 2.18. The number of hydrogen-bond donors (Lipinski definition) is 2. The normalized spacial score (nSPS) is 11.9. The van der Waals surface area contributed by atoms with Crippen LogP contribution in [0.25, 0.3) is 0 Å². The summed E-state index contributed by atoms with van der Waals surface area (Å²) < 4.78 is 6.90. The molecule has 2 aromatic rings. The van der Waals surface area contributed by atoms with Gasteiger partial charge in [0.05, 0.1) is 6.20 Å². The zero-order valence-corrected chi connectivity index (χ0v) is 19.7. The van der Waals surface area contributed by atoms with Gasteiger partial charge in [-0.25, -0.2) is 15.0 Å². The van der Waals surface area contributed by atoms with E-state index in [1.807, 2.05) is 11.6 Å². The van der Waals surface area contributed by atoms with Crippen molar-refractivity contribution in [3.05, 3.63) is 29.4 Å². The first kappa shape index (κ1) is 23.2. The predicted octanol–water partition coefficient (Wildman–Crippen LogP) is 4.28. The van der Waals surface area contributed by atoms with Crippen LogP contribution < -0.4 is 10.6 Å². The molecule has 0 spiro atoms. The van der Waals surface area contributed by atoms with E-state index < -0.39 is 0 Å². The highest BCUT2D eigenvalue weighted by Crippen LogP contribution is 2.23. The molecule has 0 aromatic carbocycles. The van der Waals surface area contributed by atoms with Crippen molar-refractivity contribution in [2.45, 2.75) is 50.4 Å². The zero-order valence-electron chi connectivity index (χ0n) is 15.7. The van der Waals surface area contributed by atoms with E-state index in [1.54, 1.807) is 29.3 Å². The zero-order chi connectivity index (χ0) is 18.1. The van der Waals surface area contributed by atoms with Crippen molar-refractivity contribution in [1.82, 2.24) is 20.6 Å². The Bertz CT molecular complexity index is 652. The molecular weight excluding hydrogens is 481 g/mol. The molecule has 26 heavy (non-hydrogen) atoms. The van der Waals surface area contributed by atoms with Gasteiger partial charge in [-0.2, -0.15) is 0 Å². The molecule has 0 fully saturated rings. The van der Waals surface area contributed by atoms with Crippen molar-refractivity contribution in [2.75, 3.05) is 18.8 Å². The molecule has 6 nitrogen and oxygen atoms in total. The number of halogens is 1. The Hall–Kier alpha value is -0.810. The largest absolute Gasteiger partial charge is 0.443 e. The van der Waals surface area contributed by atoms with E-state index in [-0.39, 0.29) is 29.4 Å². The van der Waals surface area contributed by atoms with Gasteiger partial charge in [0, 0.05) is 35.8 Å². The summed E-state index contributed by atoms with van der Waals surface area (Å²) in [5.74, 6) is 3.35. The fourth-order valence-electron chi connectivity index (χ4n) is 1.94. The summed E-state index contributed by atoms with van der Waals surface area (Å²) in [6, 6.07) is 0. The van der Waals surface area contributed by atoms with Gasteiger partial charge in [0.15, 0.2) is 5.96 Å². The summed E-state index contributed by atoms with van der Waals surface area (Å²) in [4.78, 5) is 13.1. The van der Waals surface area contributed by atoms with Crippen LogP contribution in [0.5, 0.6) is 0 Å². The maximum Gasteiger partial charge on any atom is 0.216 e. The van der Waals surface area contributed by atoms with Crippen molar-refractivity contribution in [1.29, 1.82) is 0 Å². The number of nitrogens with one attached hydrogen (secondary N) is 2. The third kappa shape index (κ3) is 8.26. The number of thiazole rings is 1. The standard InChI is InChI=1S/C17H27N5OS2.HI/c1-5-18-15(19-7-6-9-24-16-20-8-10-25-16)22-12-14-21-11-13(23-14)17(2,3)4;/h8,10-11H,5-7,9,12H2,1-4H3,(H2,18,19,22);1H. The van der Waals surface area contributed by atoms with E-state index in [0.29, 0.717) is 12.4 Å². The molecule has 2 aromatic heterocycles. The van der Waals surface area contributed by atoms with Gasteiger partial charge in [-0.05, 0) is 13.3 Å². The quantitative estimate of drug-likeness (QED) is 0.182. The van der Waals surface area contributed by atoms with Gasteiger partial charge in [-0.15, -0.1) is 35.3 Å². The molecule has 0 radical (unpaired) electrons. The Morgan fingerprint density at radius 2 is 2.12 bits per heavy atom. The minimum atomic E-state index is -0.0349. The van der Waals surface area contributed by atoms with Crippen molar-refractivity contribution >= 4 is 53.0 Å². The topological polar surface area (TPSA) is 75.3 Å². The number of hydrogen-bond acceptors (Lipinski definition) is 6. The summed E-state index contributed by atoms with van der Waals surface area (Å²) in [7, 11) is 0. The van der Waals surface area contributed by atoms with E-state index in [4.69, 9.17) is 4.42 Å². The maximum absolute atomic E-state index is 5.78. The van der Waals surface area contributed by atoms with Gasteiger partial charge in [-0.3, -0.25) is 0 Å². The van der Waals surface area contributed by atoms with E-state index in [2.05, 4.69) is 53.3 Å². The monoisotopic (exact) mass is 509 g/mol. The minimum absolute atomic E-state index is 0. The average molecular weight is 509 g/mol. The third-order valence-electron chi connectivity index (χ3n) is 3.26. The molecule has 0 aliphatic rings. The van der Waals surface area contributed by atoms with Crippen LogP contribution in [0, 0.1) is 0 Å². The average Bonchev–Trinajstić information content (AvgIpc) is 3.23. The number of aliphatic imine (C=N–C) groups is 1. The van der Waals surface area contributed by atoms with Crippen molar-refractivity contribution in [3.8, 4) is 0 Å². The molecule has 2 N–H and O–H groups in total. The first-order valence-electron chi connectivity index (χ1n) is 8.48. The lowest BCUT2D eigenvalue weighted by atomic mass is 9.94. The van der Waals surface area contributed by atoms with Crippen LogP contribution in [0.2, 0.25) is 0 Å². The van der Waals surface area contributed by atoms with Gasteiger partial charge < -0.3 is 15.1 Å². The number of guanidine groups is 1. The molecule has 0 bridgehead atoms. The number of aromatic nitrogens is 2. The SMILES string of the molecule is CCNC(=NCc1ncc(C(C)(C)C)o1)NCCCSc1nccs1.I. The van der Waals surface area contributed by atoms with Gasteiger partial charge in [-0.1, -0.05) is 32.5 Å². The fourth-order valence-corrected chi connectivity index (χ4v) is 3.59. The number of rotatable bonds is 8. The van der Waals surface area contributed by atoms with E-state index in [9.17, 15) is 0 Å². The predicted molar refractivity (Wildman–Crippen MR) is 121 cm³/mol. The first-order valence-corrected chi connectivity index (χ1v) is 10.3. The Labute approximate surface area is 181 Å².